The molecule has 0 radical (unpaired) electrons. The van der Waals surface area contributed by atoms with Crippen LogP contribution in [0.25, 0.3) is 11.0 Å². The molecule has 0 amide bonds. The molecule has 5 heteroatoms. The maximum absolute atomic E-state index is 5.95. The van der Waals surface area contributed by atoms with Crippen LogP contribution in [0.5, 0.6) is 0 Å². The molecule has 2 aromatic carbocycles. The normalized spacial score (nSPS) is 11.0. The predicted octanol–water partition coefficient (Wildman–Crippen LogP) is 3.79. The number of nitrogens with zero attached hydrogens (tertiary/aromatic N) is 3. The third kappa shape index (κ3) is 2.19. The van der Waals surface area contributed by atoms with Crippen molar-refractivity contribution in [1.82, 2.24) is 15.0 Å². The van der Waals surface area contributed by atoms with Gasteiger partial charge in [0, 0.05) is 0 Å². The Hall–Kier alpha value is -1.58. The monoisotopic (exact) mass is 277 g/mol. The lowest BCUT2D eigenvalue weighted by atomic mass is 10.2. The molecule has 0 atom stereocenters. The van der Waals surface area contributed by atoms with Gasteiger partial charge in [0.25, 0.3) is 0 Å². The molecule has 0 aliphatic carbocycles. The number of benzene rings is 2. The smallest absolute Gasteiger partial charge is 0.114 e. The minimum Gasteiger partial charge on any atom is -0.179 e. The molecule has 3 rings (SSSR count). The van der Waals surface area contributed by atoms with Crippen molar-refractivity contribution in [2.24, 2.45) is 0 Å². The van der Waals surface area contributed by atoms with Crippen LogP contribution in [0.2, 0.25) is 10.0 Å². The van der Waals surface area contributed by atoms with Gasteiger partial charge in [0.1, 0.15) is 11.0 Å². The summed E-state index contributed by atoms with van der Waals surface area (Å²) in [6, 6.07) is 13.5. The van der Waals surface area contributed by atoms with E-state index in [1.54, 1.807) is 16.9 Å². The van der Waals surface area contributed by atoms with E-state index in [-0.39, 0.29) is 0 Å². The highest BCUT2D eigenvalue weighted by Gasteiger charge is 2.07. The van der Waals surface area contributed by atoms with E-state index in [1.165, 1.54) is 0 Å². The van der Waals surface area contributed by atoms with Gasteiger partial charge in [-0.25, -0.2) is 0 Å². The fourth-order valence-electron chi connectivity index (χ4n) is 1.77. The van der Waals surface area contributed by atoms with E-state index >= 15 is 0 Å². The van der Waals surface area contributed by atoms with Crippen molar-refractivity contribution in [2.75, 3.05) is 0 Å². The summed E-state index contributed by atoms with van der Waals surface area (Å²) in [7, 11) is 0. The van der Waals surface area contributed by atoms with Gasteiger partial charge in [-0.15, -0.1) is 0 Å². The summed E-state index contributed by atoms with van der Waals surface area (Å²) in [5.41, 5.74) is 2.65. The Morgan fingerprint density at radius 2 is 1.44 bits per heavy atom. The molecule has 0 unspecified atom stereocenters. The van der Waals surface area contributed by atoms with Crippen LogP contribution in [0, 0.1) is 0 Å². The van der Waals surface area contributed by atoms with Crippen LogP contribution in [0.3, 0.4) is 0 Å². The topological polar surface area (TPSA) is 30.7 Å². The highest BCUT2D eigenvalue weighted by molar-refractivity contribution is 6.42. The average molecular weight is 278 g/mol. The van der Waals surface area contributed by atoms with Crippen molar-refractivity contribution in [3.8, 4) is 0 Å². The third-order valence-electron chi connectivity index (χ3n) is 2.63. The number of hydrogen-bond acceptors (Lipinski definition) is 2. The molecule has 0 saturated carbocycles. The summed E-state index contributed by atoms with van der Waals surface area (Å²) in [6.45, 7) is 0.630. The van der Waals surface area contributed by atoms with E-state index in [1.807, 2.05) is 30.3 Å². The molecule has 1 aromatic heterocycles. The Morgan fingerprint density at radius 3 is 2.00 bits per heavy atom. The zero-order chi connectivity index (χ0) is 12.5. The summed E-state index contributed by atoms with van der Waals surface area (Å²) < 4.78 is 0. The van der Waals surface area contributed by atoms with Gasteiger partial charge in [-0.2, -0.15) is 15.0 Å². The molecule has 0 bridgehead atoms. The number of fused-ring (bicyclic) bond motifs is 1. The standard InChI is InChI=1S/C13H9Cl2N3/c14-10-6-12-13(7-11(10)15)17-18(16-12)8-9-4-2-1-3-5-9/h1-7H,8H2. The predicted molar refractivity (Wildman–Crippen MR) is 73.1 cm³/mol. The van der Waals surface area contributed by atoms with Crippen molar-refractivity contribution in [1.29, 1.82) is 0 Å². The third-order valence-corrected chi connectivity index (χ3v) is 3.35. The van der Waals surface area contributed by atoms with E-state index in [4.69, 9.17) is 23.2 Å². The van der Waals surface area contributed by atoms with E-state index in [0.717, 1.165) is 16.6 Å². The maximum Gasteiger partial charge on any atom is 0.114 e. The molecule has 0 saturated heterocycles. The average Bonchev–Trinajstić information content (AvgIpc) is 2.72. The van der Waals surface area contributed by atoms with Gasteiger partial charge in [0.15, 0.2) is 0 Å². The van der Waals surface area contributed by atoms with Crippen LogP contribution in [0.15, 0.2) is 42.5 Å². The number of rotatable bonds is 2. The van der Waals surface area contributed by atoms with Gasteiger partial charge in [-0.1, -0.05) is 53.5 Å². The maximum atomic E-state index is 5.95. The first-order valence-electron chi connectivity index (χ1n) is 5.46. The SMILES string of the molecule is Clc1cc2nn(Cc3ccccc3)nc2cc1Cl. The Balaban J connectivity index is 1.99. The largest absolute Gasteiger partial charge is 0.179 e. The molecule has 18 heavy (non-hydrogen) atoms. The van der Waals surface area contributed by atoms with Crippen LogP contribution in [-0.2, 0) is 6.54 Å². The molecule has 1 heterocycles. The van der Waals surface area contributed by atoms with Crippen molar-refractivity contribution < 1.29 is 0 Å². The van der Waals surface area contributed by atoms with Crippen molar-refractivity contribution >= 4 is 34.2 Å². The molecule has 0 fully saturated rings. The highest BCUT2D eigenvalue weighted by Crippen LogP contribution is 2.25. The van der Waals surface area contributed by atoms with Gasteiger partial charge in [0.05, 0.1) is 16.6 Å². The first-order valence-corrected chi connectivity index (χ1v) is 6.22. The van der Waals surface area contributed by atoms with Crippen LogP contribution in [0.1, 0.15) is 5.56 Å². The Morgan fingerprint density at radius 1 is 0.889 bits per heavy atom. The zero-order valence-corrected chi connectivity index (χ0v) is 10.9. The fourth-order valence-corrected chi connectivity index (χ4v) is 2.09. The summed E-state index contributed by atoms with van der Waals surface area (Å²) in [4.78, 5) is 1.65. The second-order valence-electron chi connectivity index (χ2n) is 3.97. The molecule has 90 valence electrons. The van der Waals surface area contributed by atoms with Gasteiger partial charge in [0.2, 0.25) is 0 Å². The fraction of sp³-hybridized carbons (Fsp3) is 0.0769. The second-order valence-corrected chi connectivity index (χ2v) is 4.79. The number of aromatic nitrogens is 3. The number of hydrogen-bond donors (Lipinski definition) is 0. The Labute approximate surface area is 114 Å². The van der Waals surface area contributed by atoms with Crippen LogP contribution >= 0.6 is 23.2 Å². The van der Waals surface area contributed by atoms with Crippen LogP contribution in [0.4, 0.5) is 0 Å². The lowest BCUT2D eigenvalue weighted by Gasteiger charge is -1.98. The minimum atomic E-state index is 0.496. The van der Waals surface area contributed by atoms with Crippen molar-refractivity contribution in [3.63, 3.8) is 0 Å². The minimum absolute atomic E-state index is 0.496. The van der Waals surface area contributed by atoms with Crippen molar-refractivity contribution in [3.05, 3.63) is 58.1 Å². The molecule has 0 N–H and O–H groups in total. The second kappa shape index (κ2) is 4.59. The van der Waals surface area contributed by atoms with E-state index in [0.29, 0.717) is 16.6 Å². The van der Waals surface area contributed by atoms with E-state index in [2.05, 4.69) is 10.2 Å². The van der Waals surface area contributed by atoms with Gasteiger partial charge in [-0.05, 0) is 17.7 Å². The molecular formula is C13H9Cl2N3. The van der Waals surface area contributed by atoms with Gasteiger partial charge in [-0.3, -0.25) is 0 Å². The van der Waals surface area contributed by atoms with Crippen LogP contribution in [-0.4, -0.2) is 15.0 Å². The summed E-state index contributed by atoms with van der Waals surface area (Å²) >= 11 is 11.9. The Kier molecular flexibility index (Phi) is 2.94. The van der Waals surface area contributed by atoms with Crippen LogP contribution < -0.4 is 0 Å². The molecule has 0 aliphatic rings. The van der Waals surface area contributed by atoms with E-state index < -0.39 is 0 Å². The van der Waals surface area contributed by atoms with Crippen molar-refractivity contribution in [2.45, 2.75) is 6.54 Å². The number of halogens is 2. The summed E-state index contributed by atoms with van der Waals surface area (Å²) in [5, 5.41) is 9.74. The molecule has 0 aliphatic heterocycles. The lowest BCUT2D eigenvalue weighted by molar-refractivity contribution is 0.600. The first-order chi connectivity index (χ1) is 8.72. The Bertz CT molecular complexity index is 653. The molecule has 3 nitrogen and oxygen atoms in total. The zero-order valence-electron chi connectivity index (χ0n) is 9.35. The van der Waals surface area contributed by atoms with E-state index in [9.17, 15) is 0 Å². The van der Waals surface area contributed by atoms with Gasteiger partial charge >= 0.3 is 0 Å². The highest BCUT2D eigenvalue weighted by atomic mass is 35.5. The quantitative estimate of drug-likeness (QED) is 0.714. The molecule has 3 aromatic rings. The molecule has 0 spiro atoms. The summed E-state index contributed by atoms with van der Waals surface area (Å²) in [5.74, 6) is 0. The lowest BCUT2D eigenvalue weighted by Crippen LogP contribution is -2.03. The van der Waals surface area contributed by atoms with Gasteiger partial charge < -0.3 is 0 Å². The summed E-state index contributed by atoms with van der Waals surface area (Å²) in [6.07, 6.45) is 0. The first kappa shape index (κ1) is 11.5. The molecular weight excluding hydrogens is 269 g/mol.